The average molecular weight is 312 g/mol. The Bertz CT molecular complexity index is 811. The topological polar surface area (TPSA) is 42.7 Å². The lowest BCUT2D eigenvalue weighted by Gasteiger charge is -2.31. The highest BCUT2D eigenvalue weighted by Gasteiger charge is 2.29. The molecule has 0 saturated heterocycles. The molecule has 2 heterocycles. The van der Waals surface area contributed by atoms with Crippen molar-refractivity contribution >= 4 is 5.95 Å². The van der Waals surface area contributed by atoms with Crippen LogP contribution < -0.4 is 5.32 Å². The van der Waals surface area contributed by atoms with Crippen molar-refractivity contribution in [3.05, 3.63) is 77.6 Å². The minimum Gasteiger partial charge on any atom is -0.348 e. The van der Waals surface area contributed by atoms with E-state index in [1.807, 2.05) is 0 Å². The molecule has 0 aliphatic carbocycles. The van der Waals surface area contributed by atoms with Crippen LogP contribution in [0.5, 0.6) is 0 Å². The summed E-state index contributed by atoms with van der Waals surface area (Å²) in [4.78, 5) is 4.24. The maximum Gasteiger partial charge on any atom is 0.222 e. The summed E-state index contributed by atoms with van der Waals surface area (Å²) in [6.07, 6.45) is 2.21. The van der Waals surface area contributed by atoms with Crippen molar-refractivity contribution < 1.29 is 8.78 Å². The monoisotopic (exact) mass is 312 g/mol. The summed E-state index contributed by atoms with van der Waals surface area (Å²) in [6.45, 7) is 0. The molecule has 0 spiro atoms. The zero-order valence-electron chi connectivity index (χ0n) is 12.2. The highest BCUT2D eigenvalue weighted by molar-refractivity contribution is 5.38. The third kappa shape index (κ3) is 2.56. The molecule has 3 aromatic rings. The van der Waals surface area contributed by atoms with Gasteiger partial charge in [0, 0.05) is 0 Å². The van der Waals surface area contributed by atoms with Crippen LogP contribution in [-0.2, 0) is 0 Å². The van der Waals surface area contributed by atoms with E-state index in [4.69, 9.17) is 0 Å². The molecule has 1 aromatic heterocycles. The number of anilines is 1. The van der Waals surface area contributed by atoms with E-state index < -0.39 is 0 Å². The second kappa shape index (κ2) is 5.46. The van der Waals surface area contributed by atoms with Gasteiger partial charge in [-0.05, 0) is 41.8 Å². The number of rotatable bonds is 2. The molecule has 0 bridgehead atoms. The number of hydrogen-bond donors (Lipinski definition) is 1. The largest absolute Gasteiger partial charge is 0.348 e. The Morgan fingerprint density at radius 1 is 0.913 bits per heavy atom. The second-order valence-corrected chi connectivity index (χ2v) is 5.58. The maximum atomic E-state index is 13.2. The molecule has 0 fully saturated rings. The van der Waals surface area contributed by atoms with E-state index in [1.54, 1.807) is 28.9 Å². The number of fused-ring (bicyclic) bond motifs is 1. The van der Waals surface area contributed by atoms with Gasteiger partial charge in [0.2, 0.25) is 5.95 Å². The molecule has 2 aromatic carbocycles. The number of halogens is 2. The van der Waals surface area contributed by atoms with Crippen molar-refractivity contribution in [3.8, 4) is 0 Å². The van der Waals surface area contributed by atoms with Crippen LogP contribution >= 0.6 is 0 Å². The van der Waals surface area contributed by atoms with Gasteiger partial charge >= 0.3 is 0 Å². The Kier molecular flexibility index (Phi) is 3.29. The average Bonchev–Trinajstić information content (AvgIpc) is 3.04. The van der Waals surface area contributed by atoms with Crippen molar-refractivity contribution in [2.75, 3.05) is 5.32 Å². The molecule has 0 saturated carbocycles. The molecule has 0 amide bonds. The Hall–Kier alpha value is -2.76. The first-order valence-corrected chi connectivity index (χ1v) is 7.38. The first kappa shape index (κ1) is 13.9. The molecule has 4 rings (SSSR count). The Morgan fingerprint density at radius 3 is 2.17 bits per heavy atom. The maximum absolute atomic E-state index is 13.2. The summed E-state index contributed by atoms with van der Waals surface area (Å²) in [5, 5.41) is 7.59. The van der Waals surface area contributed by atoms with Crippen LogP contribution in [0.4, 0.5) is 14.7 Å². The Morgan fingerprint density at radius 2 is 1.52 bits per heavy atom. The predicted octanol–water partition coefficient (Wildman–Crippen LogP) is 3.70. The lowest BCUT2D eigenvalue weighted by molar-refractivity contribution is 0.430. The summed E-state index contributed by atoms with van der Waals surface area (Å²) < 4.78 is 28.1. The van der Waals surface area contributed by atoms with Gasteiger partial charge in [-0.3, -0.25) is 0 Å². The van der Waals surface area contributed by atoms with Crippen LogP contribution in [0, 0.1) is 11.6 Å². The highest BCUT2D eigenvalue weighted by atomic mass is 19.1. The van der Waals surface area contributed by atoms with Crippen LogP contribution in [-0.4, -0.2) is 14.8 Å². The van der Waals surface area contributed by atoms with Crippen LogP contribution in [0.15, 0.2) is 54.9 Å². The number of aromatic nitrogens is 3. The molecule has 1 N–H and O–H groups in total. The molecule has 0 unspecified atom stereocenters. The van der Waals surface area contributed by atoms with Crippen molar-refractivity contribution in [2.45, 2.75) is 18.5 Å². The fourth-order valence-corrected chi connectivity index (χ4v) is 3.00. The van der Waals surface area contributed by atoms with Gasteiger partial charge in [0.05, 0.1) is 12.1 Å². The molecular formula is C17H14F2N4. The van der Waals surface area contributed by atoms with Gasteiger partial charge in [-0.25, -0.2) is 13.5 Å². The Labute approximate surface area is 131 Å². The van der Waals surface area contributed by atoms with E-state index in [0.717, 1.165) is 11.1 Å². The van der Waals surface area contributed by atoms with Gasteiger partial charge in [0.1, 0.15) is 18.0 Å². The van der Waals surface area contributed by atoms with Crippen LogP contribution in [0.3, 0.4) is 0 Å². The number of benzene rings is 2. The van der Waals surface area contributed by atoms with E-state index in [0.29, 0.717) is 12.4 Å². The van der Waals surface area contributed by atoms with Gasteiger partial charge in [0.25, 0.3) is 0 Å². The zero-order chi connectivity index (χ0) is 15.8. The van der Waals surface area contributed by atoms with Gasteiger partial charge in [-0.1, -0.05) is 24.3 Å². The molecule has 4 nitrogen and oxygen atoms in total. The standard InChI is InChI=1S/C17H14F2N4/c18-13-5-1-11(2-6-13)15-9-16(12-3-7-14(19)8-4-12)23-17(22-15)20-10-21-23/h1-8,10,15-16H,9H2,(H,20,21,22)/t15-,16+/m0/s1. The third-order valence-electron chi connectivity index (χ3n) is 4.16. The van der Waals surface area contributed by atoms with Crippen molar-refractivity contribution in [1.82, 2.24) is 14.8 Å². The number of hydrogen-bond acceptors (Lipinski definition) is 3. The van der Waals surface area contributed by atoms with E-state index >= 15 is 0 Å². The minimum absolute atomic E-state index is 0.0117. The molecular weight excluding hydrogens is 298 g/mol. The van der Waals surface area contributed by atoms with E-state index in [1.165, 1.54) is 30.6 Å². The second-order valence-electron chi connectivity index (χ2n) is 5.58. The molecule has 6 heteroatoms. The van der Waals surface area contributed by atoms with E-state index in [9.17, 15) is 8.78 Å². The van der Waals surface area contributed by atoms with E-state index in [2.05, 4.69) is 15.4 Å². The lowest BCUT2D eigenvalue weighted by Crippen LogP contribution is -2.28. The van der Waals surface area contributed by atoms with Crippen molar-refractivity contribution in [1.29, 1.82) is 0 Å². The fourth-order valence-electron chi connectivity index (χ4n) is 3.00. The Balaban J connectivity index is 1.71. The number of nitrogens with zero attached hydrogens (tertiary/aromatic N) is 3. The summed E-state index contributed by atoms with van der Waals surface area (Å²) in [6, 6.07) is 12.8. The molecule has 0 radical (unpaired) electrons. The van der Waals surface area contributed by atoms with Crippen LogP contribution in [0.1, 0.15) is 29.6 Å². The first-order valence-electron chi connectivity index (χ1n) is 7.38. The molecule has 2 atom stereocenters. The normalized spacial score (nSPS) is 19.9. The molecule has 116 valence electrons. The first-order chi connectivity index (χ1) is 11.2. The SMILES string of the molecule is Fc1ccc([C@@H]2C[C@H](c3ccc(F)cc3)n3ncnc3N2)cc1. The summed E-state index contributed by atoms with van der Waals surface area (Å²) >= 11 is 0. The molecule has 1 aliphatic heterocycles. The summed E-state index contributed by atoms with van der Waals surface area (Å²) in [7, 11) is 0. The molecule has 23 heavy (non-hydrogen) atoms. The summed E-state index contributed by atoms with van der Waals surface area (Å²) in [5.74, 6) is 0.124. The van der Waals surface area contributed by atoms with Crippen LogP contribution in [0.25, 0.3) is 0 Å². The lowest BCUT2D eigenvalue weighted by atomic mass is 9.93. The quantitative estimate of drug-likeness (QED) is 0.784. The fraction of sp³-hybridized carbons (Fsp3) is 0.176. The van der Waals surface area contributed by atoms with Crippen molar-refractivity contribution in [3.63, 3.8) is 0 Å². The van der Waals surface area contributed by atoms with Gasteiger partial charge in [-0.15, -0.1) is 0 Å². The minimum atomic E-state index is -0.267. The third-order valence-corrected chi connectivity index (χ3v) is 4.16. The predicted molar refractivity (Wildman–Crippen MR) is 81.9 cm³/mol. The van der Waals surface area contributed by atoms with E-state index in [-0.39, 0.29) is 23.7 Å². The van der Waals surface area contributed by atoms with Gasteiger partial charge in [0.15, 0.2) is 0 Å². The highest BCUT2D eigenvalue weighted by Crippen LogP contribution is 2.37. The van der Waals surface area contributed by atoms with Crippen molar-refractivity contribution in [2.24, 2.45) is 0 Å². The smallest absolute Gasteiger partial charge is 0.222 e. The molecule has 1 aliphatic rings. The van der Waals surface area contributed by atoms with Gasteiger partial charge in [-0.2, -0.15) is 10.1 Å². The number of nitrogens with one attached hydrogen (secondary N) is 1. The zero-order valence-corrected chi connectivity index (χ0v) is 12.2. The van der Waals surface area contributed by atoms with Gasteiger partial charge < -0.3 is 5.32 Å². The van der Waals surface area contributed by atoms with Crippen LogP contribution in [0.2, 0.25) is 0 Å². The summed E-state index contributed by atoms with van der Waals surface area (Å²) in [5.41, 5.74) is 1.94.